The fraction of sp³-hybridized carbons (Fsp3) is 0.250. The first-order chi connectivity index (χ1) is 7.70. The Bertz CT molecular complexity index is 491. The molecule has 0 atom stereocenters. The van der Waals surface area contributed by atoms with Crippen LogP contribution in [-0.2, 0) is 6.42 Å². The van der Waals surface area contributed by atoms with Gasteiger partial charge in [-0.3, -0.25) is 0 Å². The van der Waals surface area contributed by atoms with E-state index >= 15 is 0 Å². The van der Waals surface area contributed by atoms with E-state index in [0.29, 0.717) is 11.6 Å². The van der Waals surface area contributed by atoms with Crippen LogP contribution >= 0.6 is 11.6 Å². The molecule has 1 heterocycles. The molecule has 0 unspecified atom stereocenters. The first kappa shape index (κ1) is 11.2. The van der Waals surface area contributed by atoms with E-state index in [1.807, 2.05) is 37.4 Å². The second kappa shape index (κ2) is 4.68. The second-order valence-corrected chi connectivity index (χ2v) is 4.13. The lowest BCUT2D eigenvalue weighted by atomic mass is 10.1. The number of halogens is 1. The number of hydrogen-bond acceptors (Lipinski definition) is 2. The van der Waals surface area contributed by atoms with Gasteiger partial charge in [0.2, 0.25) is 0 Å². The van der Waals surface area contributed by atoms with Gasteiger partial charge in [-0.05, 0) is 43.7 Å². The van der Waals surface area contributed by atoms with Crippen molar-refractivity contribution in [2.24, 2.45) is 5.73 Å². The summed E-state index contributed by atoms with van der Waals surface area (Å²) in [6.45, 7) is 2.59. The average Bonchev–Trinajstić information content (AvgIpc) is 2.65. The Morgan fingerprint density at radius 2 is 2.19 bits per heavy atom. The molecule has 3 nitrogen and oxygen atoms in total. The molecule has 0 radical (unpaired) electrons. The Balaban J connectivity index is 2.36. The third-order valence-corrected chi connectivity index (χ3v) is 2.72. The lowest BCUT2D eigenvalue weighted by Gasteiger charge is -2.06. The molecule has 4 heteroatoms. The van der Waals surface area contributed by atoms with Gasteiger partial charge in [0.05, 0.1) is 16.4 Å². The van der Waals surface area contributed by atoms with Crippen LogP contribution in [-0.4, -0.2) is 16.3 Å². The predicted octanol–water partition coefficient (Wildman–Crippen LogP) is 2.34. The predicted molar refractivity (Wildman–Crippen MR) is 66.1 cm³/mol. The van der Waals surface area contributed by atoms with Crippen LogP contribution in [0.1, 0.15) is 11.3 Å². The van der Waals surface area contributed by atoms with Crippen LogP contribution in [0.3, 0.4) is 0 Å². The van der Waals surface area contributed by atoms with E-state index in [1.54, 1.807) is 4.68 Å². The highest BCUT2D eigenvalue weighted by Crippen LogP contribution is 2.21. The van der Waals surface area contributed by atoms with Crippen LogP contribution in [0.5, 0.6) is 0 Å². The molecule has 0 spiro atoms. The van der Waals surface area contributed by atoms with Crippen LogP contribution in [0.15, 0.2) is 30.5 Å². The molecule has 0 aliphatic carbocycles. The standard InChI is InChI=1S/C12H14ClN3/c1-9-5-7-16(15-9)12-3-2-10(4-6-14)8-11(12)13/h2-3,5,7-8H,4,6,14H2,1H3. The van der Waals surface area contributed by atoms with Gasteiger partial charge in [0.1, 0.15) is 0 Å². The van der Waals surface area contributed by atoms with E-state index < -0.39 is 0 Å². The largest absolute Gasteiger partial charge is 0.330 e. The molecule has 1 aromatic carbocycles. The topological polar surface area (TPSA) is 43.8 Å². The molecule has 2 aromatic rings. The second-order valence-electron chi connectivity index (χ2n) is 3.73. The number of nitrogens with two attached hydrogens (primary N) is 1. The molecule has 0 bridgehead atoms. The Morgan fingerprint density at radius 1 is 1.38 bits per heavy atom. The summed E-state index contributed by atoms with van der Waals surface area (Å²) >= 11 is 6.21. The summed E-state index contributed by atoms with van der Waals surface area (Å²) in [6.07, 6.45) is 2.75. The lowest BCUT2D eigenvalue weighted by Crippen LogP contribution is -2.03. The van der Waals surface area contributed by atoms with Gasteiger partial charge in [-0.15, -0.1) is 0 Å². The van der Waals surface area contributed by atoms with Crippen LogP contribution in [0, 0.1) is 6.92 Å². The Kier molecular flexibility index (Phi) is 3.27. The molecule has 84 valence electrons. The van der Waals surface area contributed by atoms with E-state index in [-0.39, 0.29) is 0 Å². The monoisotopic (exact) mass is 235 g/mol. The summed E-state index contributed by atoms with van der Waals surface area (Å²) in [6, 6.07) is 7.90. The van der Waals surface area contributed by atoms with Gasteiger partial charge in [-0.1, -0.05) is 17.7 Å². The van der Waals surface area contributed by atoms with Crippen LogP contribution < -0.4 is 5.73 Å². The summed E-state index contributed by atoms with van der Waals surface area (Å²) in [5.41, 5.74) is 8.53. The molecular weight excluding hydrogens is 222 g/mol. The smallest absolute Gasteiger partial charge is 0.0832 e. The highest BCUT2D eigenvalue weighted by atomic mass is 35.5. The van der Waals surface area contributed by atoms with Crippen molar-refractivity contribution < 1.29 is 0 Å². The number of aryl methyl sites for hydroxylation is 1. The molecule has 0 amide bonds. The minimum atomic E-state index is 0.635. The van der Waals surface area contributed by atoms with Crippen molar-refractivity contribution in [3.63, 3.8) is 0 Å². The molecule has 2 rings (SSSR count). The molecule has 0 aliphatic heterocycles. The van der Waals surface area contributed by atoms with Crippen molar-refractivity contribution in [2.45, 2.75) is 13.3 Å². The Hall–Kier alpha value is -1.32. The maximum absolute atomic E-state index is 6.21. The van der Waals surface area contributed by atoms with Gasteiger partial charge in [0.25, 0.3) is 0 Å². The van der Waals surface area contributed by atoms with Crippen molar-refractivity contribution in [3.8, 4) is 5.69 Å². The van der Waals surface area contributed by atoms with Crippen LogP contribution in [0.2, 0.25) is 5.02 Å². The first-order valence-corrected chi connectivity index (χ1v) is 5.59. The summed E-state index contributed by atoms with van der Waals surface area (Å²) in [5.74, 6) is 0. The number of hydrogen-bond donors (Lipinski definition) is 1. The Labute approximate surface area is 99.8 Å². The number of benzene rings is 1. The molecule has 0 saturated carbocycles. The summed E-state index contributed by atoms with van der Waals surface area (Å²) in [7, 11) is 0. The SMILES string of the molecule is Cc1ccn(-c2ccc(CCN)cc2Cl)n1. The van der Waals surface area contributed by atoms with Gasteiger partial charge in [-0.2, -0.15) is 5.10 Å². The number of nitrogens with zero attached hydrogens (tertiary/aromatic N) is 2. The fourth-order valence-electron chi connectivity index (χ4n) is 1.61. The summed E-state index contributed by atoms with van der Waals surface area (Å²) in [4.78, 5) is 0. The maximum atomic E-state index is 6.21. The van der Waals surface area contributed by atoms with Crippen molar-refractivity contribution >= 4 is 11.6 Å². The zero-order chi connectivity index (χ0) is 11.5. The molecule has 16 heavy (non-hydrogen) atoms. The third kappa shape index (κ3) is 2.26. The van der Waals surface area contributed by atoms with Crippen LogP contribution in [0.25, 0.3) is 5.69 Å². The van der Waals surface area contributed by atoms with E-state index in [2.05, 4.69) is 5.10 Å². The zero-order valence-corrected chi connectivity index (χ0v) is 9.91. The third-order valence-electron chi connectivity index (χ3n) is 2.41. The van der Waals surface area contributed by atoms with Crippen molar-refractivity contribution in [2.75, 3.05) is 6.54 Å². The van der Waals surface area contributed by atoms with Crippen LogP contribution in [0.4, 0.5) is 0 Å². The highest BCUT2D eigenvalue weighted by molar-refractivity contribution is 6.32. The van der Waals surface area contributed by atoms with Gasteiger partial charge >= 0.3 is 0 Å². The normalized spacial score (nSPS) is 10.7. The minimum Gasteiger partial charge on any atom is -0.330 e. The lowest BCUT2D eigenvalue weighted by molar-refractivity contribution is 0.860. The van der Waals surface area contributed by atoms with Gasteiger partial charge in [-0.25, -0.2) is 4.68 Å². The summed E-state index contributed by atoms with van der Waals surface area (Å²) < 4.78 is 1.78. The highest BCUT2D eigenvalue weighted by Gasteiger charge is 2.04. The van der Waals surface area contributed by atoms with E-state index in [4.69, 9.17) is 17.3 Å². The molecular formula is C12H14ClN3. The van der Waals surface area contributed by atoms with Gasteiger partial charge < -0.3 is 5.73 Å². The van der Waals surface area contributed by atoms with E-state index in [9.17, 15) is 0 Å². The summed E-state index contributed by atoms with van der Waals surface area (Å²) in [5, 5.41) is 5.03. The zero-order valence-electron chi connectivity index (χ0n) is 9.15. The minimum absolute atomic E-state index is 0.635. The van der Waals surface area contributed by atoms with Gasteiger partial charge in [0.15, 0.2) is 0 Å². The first-order valence-electron chi connectivity index (χ1n) is 5.22. The fourth-order valence-corrected chi connectivity index (χ4v) is 1.90. The van der Waals surface area contributed by atoms with Crippen molar-refractivity contribution in [1.29, 1.82) is 0 Å². The van der Waals surface area contributed by atoms with Crippen molar-refractivity contribution in [3.05, 3.63) is 46.7 Å². The molecule has 0 aliphatic rings. The molecule has 1 aromatic heterocycles. The quantitative estimate of drug-likeness (QED) is 0.888. The molecule has 0 saturated heterocycles. The van der Waals surface area contributed by atoms with E-state index in [0.717, 1.165) is 23.4 Å². The molecule has 0 fully saturated rings. The Morgan fingerprint density at radius 3 is 2.75 bits per heavy atom. The van der Waals surface area contributed by atoms with Gasteiger partial charge in [0, 0.05) is 6.20 Å². The number of rotatable bonds is 3. The van der Waals surface area contributed by atoms with E-state index in [1.165, 1.54) is 0 Å². The molecule has 2 N–H and O–H groups in total. The maximum Gasteiger partial charge on any atom is 0.0832 e. The average molecular weight is 236 g/mol. The number of aromatic nitrogens is 2. The van der Waals surface area contributed by atoms with Crippen molar-refractivity contribution in [1.82, 2.24) is 9.78 Å².